The molecule has 1 aliphatic carbocycles. The van der Waals surface area contributed by atoms with Crippen molar-refractivity contribution in [1.29, 1.82) is 0 Å². The van der Waals surface area contributed by atoms with E-state index in [1.807, 2.05) is 25.7 Å². The zero-order chi connectivity index (χ0) is 9.64. The van der Waals surface area contributed by atoms with Crippen molar-refractivity contribution in [3.8, 4) is 0 Å². The minimum atomic E-state index is -0.357. The van der Waals surface area contributed by atoms with Gasteiger partial charge in [-0.3, -0.25) is 0 Å². The Morgan fingerprint density at radius 3 is 2.31 bits per heavy atom. The summed E-state index contributed by atoms with van der Waals surface area (Å²) in [5.41, 5.74) is -0.357. The van der Waals surface area contributed by atoms with E-state index in [1.165, 1.54) is 6.42 Å². The molecule has 3 nitrogen and oxygen atoms in total. The van der Waals surface area contributed by atoms with Gasteiger partial charge in [-0.1, -0.05) is 0 Å². The van der Waals surface area contributed by atoms with Crippen LogP contribution < -0.4 is 0 Å². The van der Waals surface area contributed by atoms with Gasteiger partial charge in [-0.2, -0.15) is 0 Å². The summed E-state index contributed by atoms with van der Waals surface area (Å²) in [6, 6.07) is 0. The van der Waals surface area contributed by atoms with Crippen molar-refractivity contribution in [2.45, 2.75) is 32.8 Å². The van der Waals surface area contributed by atoms with E-state index in [0.29, 0.717) is 0 Å². The standard InChI is InChI=1S/C10H17NO2/c1-10(2,3)13-9(12)11-5-7-4-8(7)6-11/h7-8H,4-6H2,1-3H3/t7-,8?/m1/s1. The highest BCUT2D eigenvalue weighted by Crippen LogP contribution is 2.45. The zero-order valence-electron chi connectivity index (χ0n) is 8.54. The third kappa shape index (κ3) is 1.95. The fourth-order valence-electron chi connectivity index (χ4n) is 1.87. The number of amides is 1. The lowest BCUT2D eigenvalue weighted by atomic mass is 10.2. The fourth-order valence-corrected chi connectivity index (χ4v) is 1.87. The Balaban J connectivity index is 1.84. The van der Waals surface area contributed by atoms with Crippen LogP contribution in [0.5, 0.6) is 0 Å². The van der Waals surface area contributed by atoms with Crippen LogP contribution in [0.2, 0.25) is 0 Å². The van der Waals surface area contributed by atoms with E-state index in [1.54, 1.807) is 0 Å². The summed E-state index contributed by atoms with van der Waals surface area (Å²) in [6.45, 7) is 7.55. The predicted octanol–water partition coefficient (Wildman–Crippen LogP) is 1.87. The molecule has 0 aromatic rings. The van der Waals surface area contributed by atoms with Crippen molar-refractivity contribution >= 4 is 6.09 Å². The molecule has 0 spiro atoms. The third-order valence-corrected chi connectivity index (χ3v) is 2.63. The molecule has 1 heterocycles. The number of likely N-dealkylation sites (tertiary alicyclic amines) is 1. The summed E-state index contributed by atoms with van der Waals surface area (Å²) in [5, 5.41) is 0. The van der Waals surface area contributed by atoms with Crippen LogP contribution >= 0.6 is 0 Å². The number of rotatable bonds is 0. The maximum absolute atomic E-state index is 11.5. The van der Waals surface area contributed by atoms with E-state index in [9.17, 15) is 4.79 Å². The van der Waals surface area contributed by atoms with Crippen LogP contribution in [-0.2, 0) is 4.74 Å². The number of hydrogen-bond donors (Lipinski definition) is 0. The third-order valence-electron chi connectivity index (χ3n) is 2.63. The smallest absolute Gasteiger partial charge is 0.410 e. The molecule has 0 aromatic heterocycles. The minimum Gasteiger partial charge on any atom is -0.444 e. The Kier molecular flexibility index (Phi) is 1.79. The average molecular weight is 183 g/mol. The number of nitrogens with zero attached hydrogens (tertiary/aromatic N) is 1. The number of hydrogen-bond acceptors (Lipinski definition) is 2. The van der Waals surface area contributed by atoms with Gasteiger partial charge in [-0.25, -0.2) is 4.79 Å². The fraction of sp³-hybridized carbons (Fsp3) is 0.900. The monoisotopic (exact) mass is 183 g/mol. The highest BCUT2D eigenvalue weighted by Gasteiger charge is 2.47. The first-order chi connectivity index (χ1) is 5.96. The van der Waals surface area contributed by atoms with E-state index in [-0.39, 0.29) is 11.7 Å². The van der Waals surface area contributed by atoms with Gasteiger partial charge in [0.25, 0.3) is 0 Å². The van der Waals surface area contributed by atoms with Crippen molar-refractivity contribution < 1.29 is 9.53 Å². The topological polar surface area (TPSA) is 29.5 Å². The minimum absolute atomic E-state index is 0.139. The summed E-state index contributed by atoms with van der Waals surface area (Å²) in [6.07, 6.45) is 1.18. The molecule has 13 heavy (non-hydrogen) atoms. The van der Waals surface area contributed by atoms with Crippen LogP contribution in [0.25, 0.3) is 0 Å². The molecule has 0 aromatic carbocycles. The lowest BCUT2D eigenvalue weighted by molar-refractivity contribution is 0.0274. The Morgan fingerprint density at radius 2 is 1.85 bits per heavy atom. The largest absolute Gasteiger partial charge is 0.444 e. The van der Waals surface area contributed by atoms with E-state index >= 15 is 0 Å². The summed E-state index contributed by atoms with van der Waals surface area (Å²) >= 11 is 0. The molecule has 2 fully saturated rings. The number of ether oxygens (including phenoxy) is 1. The Labute approximate surface area is 79.0 Å². The lowest BCUT2D eigenvalue weighted by Crippen LogP contribution is -2.36. The second-order valence-corrected chi connectivity index (χ2v) is 5.14. The van der Waals surface area contributed by atoms with E-state index in [0.717, 1.165) is 24.9 Å². The summed E-state index contributed by atoms with van der Waals surface area (Å²) in [4.78, 5) is 13.4. The van der Waals surface area contributed by atoms with Gasteiger partial charge in [0.05, 0.1) is 0 Å². The molecule has 1 amide bonds. The molecule has 2 atom stereocenters. The lowest BCUT2D eigenvalue weighted by Gasteiger charge is -2.25. The molecular formula is C10H17NO2. The maximum atomic E-state index is 11.5. The number of carbonyl (C=O) groups is 1. The van der Waals surface area contributed by atoms with E-state index in [4.69, 9.17) is 4.74 Å². The maximum Gasteiger partial charge on any atom is 0.410 e. The van der Waals surface area contributed by atoms with Crippen LogP contribution in [0.4, 0.5) is 4.79 Å². The highest BCUT2D eigenvalue weighted by atomic mass is 16.6. The molecule has 74 valence electrons. The number of carbonyl (C=O) groups excluding carboxylic acids is 1. The Hall–Kier alpha value is -0.730. The van der Waals surface area contributed by atoms with Gasteiger partial charge in [-0.05, 0) is 39.0 Å². The second-order valence-electron chi connectivity index (χ2n) is 5.14. The molecule has 1 unspecified atom stereocenters. The Bertz CT molecular complexity index is 222. The van der Waals surface area contributed by atoms with E-state index in [2.05, 4.69) is 0 Å². The molecular weight excluding hydrogens is 166 g/mol. The molecule has 2 rings (SSSR count). The van der Waals surface area contributed by atoms with Crippen molar-refractivity contribution in [2.75, 3.05) is 13.1 Å². The van der Waals surface area contributed by atoms with Crippen LogP contribution in [0.15, 0.2) is 0 Å². The molecule has 0 radical (unpaired) electrons. The molecule has 0 bridgehead atoms. The van der Waals surface area contributed by atoms with Gasteiger partial charge in [0.15, 0.2) is 0 Å². The van der Waals surface area contributed by atoms with Crippen LogP contribution in [0.1, 0.15) is 27.2 Å². The summed E-state index contributed by atoms with van der Waals surface area (Å²) in [5.74, 6) is 1.57. The van der Waals surface area contributed by atoms with Gasteiger partial charge in [-0.15, -0.1) is 0 Å². The van der Waals surface area contributed by atoms with Gasteiger partial charge in [0, 0.05) is 13.1 Å². The first kappa shape index (κ1) is 8.85. The summed E-state index contributed by atoms with van der Waals surface area (Å²) < 4.78 is 5.28. The van der Waals surface area contributed by atoms with E-state index < -0.39 is 0 Å². The number of piperidine rings is 1. The summed E-state index contributed by atoms with van der Waals surface area (Å²) in [7, 11) is 0. The average Bonchev–Trinajstić information content (AvgIpc) is 2.55. The van der Waals surface area contributed by atoms with Gasteiger partial charge in [0.2, 0.25) is 0 Å². The van der Waals surface area contributed by atoms with Crippen LogP contribution in [-0.4, -0.2) is 29.7 Å². The molecule has 1 aliphatic heterocycles. The quantitative estimate of drug-likeness (QED) is 0.574. The predicted molar refractivity (Wildman–Crippen MR) is 49.4 cm³/mol. The zero-order valence-corrected chi connectivity index (χ0v) is 8.54. The van der Waals surface area contributed by atoms with Gasteiger partial charge in [0.1, 0.15) is 5.60 Å². The van der Waals surface area contributed by atoms with Crippen molar-refractivity contribution in [3.05, 3.63) is 0 Å². The Morgan fingerprint density at radius 1 is 1.31 bits per heavy atom. The van der Waals surface area contributed by atoms with Crippen molar-refractivity contribution in [3.63, 3.8) is 0 Å². The van der Waals surface area contributed by atoms with Crippen LogP contribution in [0.3, 0.4) is 0 Å². The SMILES string of the molecule is CC(C)(C)OC(=O)N1CC2C[C@@H]2C1. The van der Waals surface area contributed by atoms with Gasteiger partial charge >= 0.3 is 6.09 Å². The molecule has 1 saturated heterocycles. The molecule has 2 aliphatic rings. The van der Waals surface area contributed by atoms with Gasteiger partial charge < -0.3 is 9.64 Å². The first-order valence-electron chi connectivity index (χ1n) is 4.93. The normalized spacial score (nSPS) is 31.5. The van der Waals surface area contributed by atoms with Crippen molar-refractivity contribution in [2.24, 2.45) is 11.8 Å². The molecule has 3 heteroatoms. The molecule has 0 N–H and O–H groups in total. The van der Waals surface area contributed by atoms with Crippen molar-refractivity contribution in [1.82, 2.24) is 4.90 Å². The second kappa shape index (κ2) is 2.63. The van der Waals surface area contributed by atoms with Crippen LogP contribution in [0, 0.1) is 11.8 Å². The molecule has 1 saturated carbocycles. The highest BCUT2D eigenvalue weighted by molar-refractivity contribution is 5.68. The first-order valence-corrected chi connectivity index (χ1v) is 4.93. The number of fused-ring (bicyclic) bond motifs is 1.